The molecule has 0 fully saturated rings. The van der Waals surface area contributed by atoms with Gasteiger partial charge in [-0.05, 0) is 12.3 Å². The number of hydrogen-bond donors (Lipinski definition) is 0. The van der Waals surface area contributed by atoms with E-state index in [4.69, 9.17) is 10.7 Å². The Morgan fingerprint density at radius 1 is 1.33 bits per heavy atom. The van der Waals surface area contributed by atoms with Crippen molar-refractivity contribution in [1.29, 1.82) is 0 Å². The van der Waals surface area contributed by atoms with E-state index < -0.39 is 9.05 Å². The molecule has 7 nitrogen and oxygen atoms in total. The van der Waals surface area contributed by atoms with E-state index in [0.717, 1.165) is 11.3 Å². The highest BCUT2D eigenvalue weighted by molar-refractivity contribution is 8.13. The molecular formula is C12H18ClN5O2S. The van der Waals surface area contributed by atoms with Gasteiger partial charge in [0.1, 0.15) is 0 Å². The fourth-order valence-electron chi connectivity index (χ4n) is 2.18. The van der Waals surface area contributed by atoms with Crippen molar-refractivity contribution in [3.8, 4) is 11.4 Å². The summed E-state index contributed by atoms with van der Waals surface area (Å²) in [6.45, 7) is 6.41. The summed E-state index contributed by atoms with van der Waals surface area (Å²) < 4.78 is 26.5. The topological polar surface area (TPSA) is 82.7 Å². The largest absolute Gasteiger partial charge is 0.296 e. The molecule has 0 bridgehead atoms. The fourth-order valence-corrected chi connectivity index (χ4v) is 3.09. The number of halogens is 1. The average molecular weight is 332 g/mol. The van der Waals surface area contributed by atoms with Crippen LogP contribution in [-0.4, -0.2) is 33.0 Å². The Labute approximate surface area is 128 Å². The van der Waals surface area contributed by atoms with Crippen LogP contribution in [-0.2, 0) is 29.1 Å². The van der Waals surface area contributed by atoms with E-state index in [1.54, 1.807) is 9.25 Å². The van der Waals surface area contributed by atoms with Gasteiger partial charge in [-0.3, -0.25) is 9.25 Å². The molecule has 2 heterocycles. The molecule has 0 saturated heterocycles. The maximum absolute atomic E-state index is 11.7. The monoisotopic (exact) mass is 331 g/mol. The van der Waals surface area contributed by atoms with E-state index in [-0.39, 0.29) is 11.1 Å². The van der Waals surface area contributed by atoms with Crippen LogP contribution in [0.15, 0.2) is 11.4 Å². The van der Waals surface area contributed by atoms with E-state index in [1.807, 2.05) is 34.0 Å². The minimum Gasteiger partial charge on any atom is -0.296 e. The highest BCUT2D eigenvalue weighted by atomic mass is 35.7. The van der Waals surface area contributed by atoms with Gasteiger partial charge in [0.15, 0.2) is 5.82 Å². The van der Waals surface area contributed by atoms with Crippen molar-refractivity contribution in [2.45, 2.75) is 38.9 Å². The lowest BCUT2D eigenvalue weighted by atomic mass is 10.2. The van der Waals surface area contributed by atoms with Gasteiger partial charge in [-0.1, -0.05) is 20.8 Å². The Hall–Kier alpha value is -1.41. The Kier molecular flexibility index (Phi) is 4.38. The zero-order chi connectivity index (χ0) is 15.8. The van der Waals surface area contributed by atoms with E-state index in [2.05, 4.69) is 15.3 Å². The molecule has 9 heteroatoms. The van der Waals surface area contributed by atoms with E-state index in [1.165, 1.54) is 0 Å². The van der Waals surface area contributed by atoms with Gasteiger partial charge in [-0.15, -0.1) is 10.2 Å². The van der Waals surface area contributed by atoms with Crippen molar-refractivity contribution < 1.29 is 8.42 Å². The third-order valence-corrected chi connectivity index (χ3v) is 4.12. The van der Waals surface area contributed by atoms with Crippen LogP contribution in [0.2, 0.25) is 0 Å². The Morgan fingerprint density at radius 3 is 2.52 bits per heavy atom. The first-order valence-electron chi connectivity index (χ1n) is 6.64. The number of rotatable bonds is 5. The zero-order valence-corrected chi connectivity index (χ0v) is 14.0. The van der Waals surface area contributed by atoms with Crippen LogP contribution >= 0.6 is 10.7 Å². The molecule has 0 aliphatic heterocycles. The number of nitrogens with zero attached hydrogens (tertiary/aromatic N) is 5. The summed E-state index contributed by atoms with van der Waals surface area (Å²) >= 11 is 0. The minimum absolute atomic E-state index is 0.221. The summed E-state index contributed by atoms with van der Waals surface area (Å²) in [5, 5.41) is 11.9. The normalized spacial score (nSPS) is 12.3. The second-order valence-corrected chi connectivity index (χ2v) is 7.72. The minimum atomic E-state index is -3.94. The average Bonchev–Trinajstić information content (AvgIpc) is 2.90. The van der Waals surface area contributed by atoms with Crippen LogP contribution in [0.1, 0.15) is 26.5 Å². The van der Waals surface area contributed by atoms with Crippen LogP contribution in [0.3, 0.4) is 0 Å². The van der Waals surface area contributed by atoms with Gasteiger partial charge in [0.25, 0.3) is 14.2 Å². The van der Waals surface area contributed by atoms with Crippen molar-refractivity contribution in [3.63, 3.8) is 0 Å². The summed E-state index contributed by atoms with van der Waals surface area (Å²) in [5.74, 6) is 0.700. The molecule has 2 aromatic heterocycles. The molecule has 2 rings (SSSR count). The number of hydrogen-bond acceptors (Lipinski definition) is 5. The summed E-state index contributed by atoms with van der Waals surface area (Å²) in [6.07, 6.45) is 2.53. The van der Waals surface area contributed by atoms with E-state index >= 15 is 0 Å². The van der Waals surface area contributed by atoms with Crippen LogP contribution in [0.25, 0.3) is 11.4 Å². The van der Waals surface area contributed by atoms with Crippen molar-refractivity contribution in [2.75, 3.05) is 0 Å². The highest BCUT2D eigenvalue weighted by Gasteiger charge is 2.25. The summed E-state index contributed by atoms with van der Waals surface area (Å²) in [6, 6.07) is 0. The standard InChI is InChI=1S/C12H18ClN5O2S/c1-5-10-9(7-17(4)16-10)11-14-15-12(21(13,19)20)18(11)6-8(2)3/h7-8H,5-6H2,1-4H3. The lowest BCUT2D eigenvalue weighted by molar-refractivity contribution is 0.488. The molecule has 0 saturated carbocycles. The highest BCUT2D eigenvalue weighted by Crippen LogP contribution is 2.26. The van der Waals surface area contributed by atoms with Crippen molar-refractivity contribution in [3.05, 3.63) is 11.9 Å². The molecule has 21 heavy (non-hydrogen) atoms. The molecular weight excluding hydrogens is 314 g/mol. The number of aryl methyl sites for hydroxylation is 2. The molecule has 0 aliphatic rings. The predicted molar refractivity (Wildman–Crippen MR) is 79.5 cm³/mol. The molecule has 0 amide bonds. The van der Waals surface area contributed by atoms with Crippen LogP contribution < -0.4 is 0 Å². The predicted octanol–water partition coefficient (Wildman–Crippen LogP) is 1.82. The van der Waals surface area contributed by atoms with Gasteiger partial charge in [-0.25, -0.2) is 8.42 Å². The maximum Gasteiger partial charge on any atom is 0.296 e. The van der Waals surface area contributed by atoms with Crippen LogP contribution in [0, 0.1) is 5.92 Å². The van der Waals surface area contributed by atoms with Crippen LogP contribution in [0.5, 0.6) is 0 Å². The second-order valence-electron chi connectivity index (χ2n) is 5.27. The molecule has 2 aromatic rings. The molecule has 0 aromatic carbocycles. The molecule has 0 N–H and O–H groups in total. The zero-order valence-electron chi connectivity index (χ0n) is 12.4. The van der Waals surface area contributed by atoms with Crippen LogP contribution in [0.4, 0.5) is 0 Å². The summed E-state index contributed by atoms with van der Waals surface area (Å²) in [5.41, 5.74) is 1.62. The molecule has 0 unspecified atom stereocenters. The SMILES string of the molecule is CCc1nn(C)cc1-c1nnc(S(=O)(=O)Cl)n1CC(C)C. The van der Waals surface area contributed by atoms with Gasteiger partial charge >= 0.3 is 0 Å². The Morgan fingerprint density at radius 2 is 2.00 bits per heavy atom. The lowest BCUT2D eigenvalue weighted by Crippen LogP contribution is -2.12. The first-order valence-corrected chi connectivity index (χ1v) is 8.95. The van der Waals surface area contributed by atoms with Gasteiger partial charge in [0, 0.05) is 30.5 Å². The smallest absolute Gasteiger partial charge is 0.296 e. The van der Waals surface area contributed by atoms with Crippen molar-refractivity contribution >= 4 is 19.7 Å². The van der Waals surface area contributed by atoms with E-state index in [9.17, 15) is 8.42 Å². The third kappa shape index (κ3) is 3.26. The molecule has 0 spiro atoms. The maximum atomic E-state index is 11.7. The molecule has 0 radical (unpaired) electrons. The fraction of sp³-hybridized carbons (Fsp3) is 0.583. The Bertz CT molecular complexity index is 748. The Balaban J connectivity index is 2.66. The lowest BCUT2D eigenvalue weighted by Gasteiger charge is -2.11. The van der Waals surface area contributed by atoms with Gasteiger partial charge in [-0.2, -0.15) is 5.10 Å². The molecule has 0 atom stereocenters. The van der Waals surface area contributed by atoms with Gasteiger partial charge in [0.05, 0.1) is 11.3 Å². The summed E-state index contributed by atoms with van der Waals surface area (Å²) in [4.78, 5) is 0. The first kappa shape index (κ1) is 16.0. The van der Waals surface area contributed by atoms with Crippen molar-refractivity contribution in [2.24, 2.45) is 13.0 Å². The summed E-state index contributed by atoms with van der Waals surface area (Å²) in [7, 11) is 3.32. The molecule has 116 valence electrons. The quantitative estimate of drug-likeness (QED) is 0.780. The van der Waals surface area contributed by atoms with Crippen molar-refractivity contribution in [1.82, 2.24) is 24.5 Å². The van der Waals surface area contributed by atoms with E-state index in [0.29, 0.717) is 18.8 Å². The number of aromatic nitrogens is 5. The second kappa shape index (κ2) is 5.76. The molecule has 0 aliphatic carbocycles. The third-order valence-electron chi connectivity index (χ3n) is 2.96. The first-order chi connectivity index (χ1) is 9.74. The van der Waals surface area contributed by atoms with Gasteiger partial charge < -0.3 is 0 Å². The van der Waals surface area contributed by atoms with Gasteiger partial charge in [0.2, 0.25) is 0 Å².